The Morgan fingerprint density at radius 3 is 2.38 bits per heavy atom. The van der Waals surface area contributed by atoms with Gasteiger partial charge in [0, 0.05) is 18.7 Å². The molecule has 0 aliphatic heterocycles. The van der Waals surface area contributed by atoms with Crippen LogP contribution in [0.2, 0.25) is 0 Å². The summed E-state index contributed by atoms with van der Waals surface area (Å²) in [5, 5.41) is 24.9. The lowest BCUT2D eigenvalue weighted by Crippen LogP contribution is -2.22. The highest BCUT2D eigenvalue weighted by molar-refractivity contribution is 5.87. The number of hydrogen-bond acceptors (Lipinski definition) is 3. The van der Waals surface area contributed by atoms with Gasteiger partial charge >= 0.3 is 0 Å². The van der Waals surface area contributed by atoms with Gasteiger partial charge < -0.3 is 15.5 Å². The Morgan fingerprint density at radius 2 is 1.62 bits per heavy atom. The van der Waals surface area contributed by atoms with Crippen molar-refractivity contribution in [3.63, 3.8) is 0 Å². The second-order valence-corrected chi connectivity index (χ2v) is 5.57. The van der Waals surface area contributed by atoms with Gasteiger partial charge in [0.1, 0.15) is 17.4 Å². The van der Waals surface area contributed by atoms with E-state index in [0.29, 0.717) is 5.56 Å². The molecule has 3 aromatic rings. The minimum atomic E-state index is -1.32. The molecule has 0 heterocycles. The Morgan fingerprint density at radius 1 is 0.917 bits per heavy atom. The summed E-state index contributed by atoms with van der Waals surface area (Å²) in [6.07, 6.45) is -1.32. The number of aliphatic hydroxyl groups excluding tert-OH is 1. The van der Waals surface area contributed by atoms with E-state index in [1.165, 1.54) is 6.07 Å². The third kappa shape index (κ3) is 3.22. The van der Waals surface area contributed by atoms with Crippen LogP contribution in [0.15, 0.2) is 54.6 Å². The van der Waals surface area contributed by atoms with E-state index >= 15 is 0 Å². The first kappa shape index (κ1) is 16.4. The fourth-order valence-electron chi connectivity index (χ4n) is 2.78. The molecule has 5 heteroatoms. The standard InChI is InChI=1S/C19H17F2NO2/c20-15-6-3-7-16(21)19(15)18(24)11-22-10-14-13-5-2-1-4-12(13)8-9-17(14)23/h1-9,18,22-24H,10-11H2. The Bertz CT molecular complexity index is 847. The average Bonchev–Trinajstić information content (AvgIpc) is 2.57. The maximum atomic E-state index is 13.7. The third-order valence-electron chi connectivity index (χ3n) is 3.99. The SMILES string of the molecule is Oc1ccc2ccccc2c1CNCC(O)c1c(F)cccc1F. The molecule has 0 radical (unpaired) electrons. The minimum absolute atomic E-state index is 0.0412. The monoisotopic (exact) mass is 329 g/mol. The van der Waals surface area contributed by atoms with Crippen LogP contribution in [0.3, 0.4) is 0 Å². The molecular weight excluding hydrogens is 312 g/mol. The van der Waals surface area contributed by atoms with Crippen LogP contribution in [0, 0.1) is 11.6 Å². The van der Waals surface area contributed by atoms with Gasteiger partial charge in [-0.25, -0.2) is 8.78 Å². The van der Waals surface area contributed by atoms with Gasteiger partial charge in [-0.1, -0.05) is 36.4 Å². The van der Waals surface area contributed by atoms with E-state index in [0.717, 1.165) is 22.9 Å². The molecule has 0 aliphatic carbocycles. The summed E-state index contributed by atoms with van der Waals surface area (Å²) in [6, 6.07) is 14.5. The lowest BCUT2D eigenvalue weighted by atomic mass is 10.0. The number of phenolic OH excluding ortho intramolecular Hbond substituents is 1. The summed E-state index contributed by atoms with van der Waals surface area (Å²) >= 11 is 0. The van der Waals surface area contributed by atoms with Crippen LogP contribution < -0.4 is 5.32 Å². The highest BCUT2D eigenvalue weighted by Gasteiger charge is 2.17. The molecule has 24 heavy (non-hydrogen) atoms. The summed E-state index contributed by atoms with van der Waals surface area (Å²) in [7, 11) is 0. The number of benzene rings is 3. The fraction of sp³-hybridized carbons (Fsp3) is 0.158. The molecule has 3 N–H and O–H groups in total. The van der Waals surface area contributed by atoms with Crippen molar-refractivity contribution in [3.8, 4) is 5.75 Å². The molecule has 124 valence electrons. The van der Waals surface area contributed by atoms with Gasteiger partial charge in [0.05, 0.1) is 11.7 Å². The Hall–Kier alpha value is -2.50. The van der Waals surface area contributed by atoms with Crippen LogP contribution in [0.5, 0.6) is 5.75 Å². The quantitative estimate of drug-likeness (QED) is 0.670. The normalized spacial score (nSPS) is 12.5. The number of fused-ring (bicyclic) bond motifs is 1. The number of aliphatic hydroxyl groups is 1. The van der Waals surface area contributed by atoms with Crippen molar-refractivity contribution in [1.82, 2.24) is 5.32 Å². The minimum Gasteiger partial charge on any atom is -0.508 e. The van der Waals surface area contributed by atoms with Crippen molar-refractivity contribution >= 4 is 10.8 Å². The van der Waals surface area contributed by atoms with Gasteiger partial charge in [-0.05, 0) is 29.0 Å². The zero-order valence-electron chi connectivity index (χ0n) is 12.8. The van der Waals surface area contributed by atoms with E-state index in [2.05, 4.69) is 5.32 Å². The number of nitrogens with one attached hydrogen (secondary N) is 1. The number of aromatic hydroxyl groups is 1. The van der Waals surface area contributed by atoms with Gasteiger partial charge in [-0.3, -0.25) is 0 Å². The molecule has 0 fully saturated rings. The maximum Gasteiger partial charge on any atom is 0.131 e. The summed E-state index contributed by atoms with van der Waals surface area (Å²) in [5.41, 5.74) is 0.321. The molecule has 3 rings (SSSR count). The third-order valence-corrected chi connectivity index (χ3v) is 3.99. The van der Waals surface area contributed by atoms with Crippen LogP contribution in [-0.4, -0.2) is 16.8 Å². The molecule has 0 amide bonds. The molecule has 1 unspecified atom stereocenters. The van der Waals surface area contributed by atoms with E-state index in [9.17, 15) is 19.0 Å². The number of halogens is 2. The van der Waals surface area contributed by atoms with Crippen molar-refractivity contribution < 1.29 is 19.0 Å². The summed E-state index contributed by atoms with van der Waals surface area (Å²) in [6.45, 7) is 0.223. The number of hydrogen-bond donors (Lipinski definition) is 3. The van der Waals surface area contributed by atoms with E-state index < -0.39 is 17.7 Å². The first-order chi connectivity index (χ1) is 11.6. The van der Waals surface area contributed by atoms with Crippen LogP contribution in [0.25, 0.3) is 10.8 Å². The Kier molecular flexibility index (Phi) is 4.74. The first-order valence-corrected chi connectivity index (χ1v) is 7.60. The molecule has 3 nitrogen and oxygen atoms in total. The van der Waals surface area contributed by atoms with Crippen molar-refractivity contribution in [2.75, 3.05) is 6.54 Å². The van der Waals surface area contributed by atoms with E-state index in [-0.39, 0.29) is 24.4 Å². The topological polar surface area (TPSA) is 52.5 Å². The molecule has 0 saturated heterocycles. The molecular formula is C19H17F2NO2. The Labute approximate surface area is 138 Å². The molecule has 0 aliphatic rings. The Balaban J connectivity index is 1.74. The fourth-order valence-corrected chi connectivity index (χ4v) is 2.78. The van der Waals surface area contributed by atoms with Gasteiger partial charge in [0.15, 0.2) is 0 Å². The average molecular weight is 329 g/mol. The van der Waals surface area contributed by atoms with Crippen molar-refractivity contribution in [2.45, 2.75) is 12.6 Å². The second kappa shape index (κ2) is 6.95. The van der Waals surface area contributed by atoms with Gasteiger partial charge in [-0.2, -0.15) is 0 Å². The summed E-state index contributed by atoms with van der Waals surface area (Å²) < 4.78 is 27.3. The molecule has 0 saturated carbocycles. The lowest BCUT2D eigenvalue weighted by Gasteiger charge is -2.15. The highest BCUT2D eigenvalue weighted by Crippen LogP contribution is 2.27. The lowest BCUT2D eigenvalue weighted by molar-refractivity contribution is 0.164. The van der Waals surface area contributed by atoms with Crippen LogP contribution >= 0.6 is 0 Å². The van der Waals surface area contributed by atoms with Crippen LogP contribution in [-0.2, 0) is 6.54 Å². The van der Waals surface area contributed by atoms with E-state index in [4.69, 9.17) is 0 Å². The zero-order valence-corrected chi connectivity index (χ0v) is 12.8. The smallest absolute Gasteiger partial charge is 0.131 e. The van der Waals surface area contributed by atoms with E-state index in [1.54, 1.807) is 6.07 Å². The second-order valence-electron chi connectivity index (χ2n) is 5.57. The predicted octanol–water partition coefficient (Wildman–Crippen LogP) is 3.65. The van der Waals surface area contributed by atoms with Crippen molar-refractivity contribution in [3.05, 3.63) is 77.4 Å². The molecule has 1 atom stereocenters. The van der Waals surface area contributed by atoms with Gasteiger partial charge in [0.25, 0.3) is 0 Å². The molecule has 0 bridgehead atoms. The van der Waals surface area contributed by atoms with Gasteiger partial charge in [-0.15, -0.1) is 0 Å². The van der Waals surface area contributed by atoms with E-state index in [1.807, 2.05) is 30.3 Å². The molecule has 0 spiro atoms. The predicted molar refractivity (Wildman–Crippen MR) is 88.6 cm³/mol. The first-order valence-electron chi connectivity index (χ1n) is 7.60. The molecule has 3 aromatic carbocycles. The number of rotatable bonds is 5. The maximum absolute atomic E-state index is 13.7. The zero-order chi connectivity index (χ0) is 17.1. The van der Waals surface area contributed by atoms with Crippen LogP contribution in [0.1, 0.15) is 17.2 Å². The largest absolute Gasteiger partial charge is 0.508 e. The van der Waals surface area contributed by atoms with Crippen molar-refractivity contribution in [1.29, 1.82) is 0 Å². The molecule has 0 aromatic heterocycles. The van der Waals surface area contributed by atoms with Crippen LogP contribution in [0.4, 0.5) is 8.78 Å². The summed E-state index contributed by atoms with van der Waals surface area (Å²) in [5.74, 6) is -1.43. The highest BCUT2D eigenvalue weighted by atomic mass is 19.1. The van der Waals surface area contributed by atoms with Crippen molar-refractivity contribution in [2.24, 2.45) is 0 Å². The van der Waals surface area contributed by atoms with Gasteiger partial charge in [0.2, 0.25) is 0 Å². The summed E-state index contributed by atoms with van der Waals surface area (Å²) in [4.78, 5) is 0. The number of phenols is 1.